The van der Waals surface area contributed by atoms with E-state index in [0.717, 1.165) is 17.1 Å². The highest BCUT2D eigenvalue weighted by Gasteiger charge is 2.23. The van der Waals surface area contributed by atoms with Crippen LogP contribution in [0.1, 0.15) is 37.8 Å². The smallest absolute Gasteiger partial charge is 0.409 e. The molecule has 1 fully saturated rings. The molecule has 3 rings (SSSR count). The van der Waals surface area contributed by atoms with E-state index in [1.165, 1.54) is 5.56 Å². The fraction of sp³-hybridized carbons (Fsp3) is 0.500. The van der Waals surface area contributed by atoms with Crippen LogP contribution in [0.5, 0.6) is 0 Å². The van der Waals surface area contributed by atoms with Crippen LogP contribution in [0.2, 0.25) is 0 Å². The standard InChI is InChI=1S/C20H28N6O2/c1-5-28-20(27)26-11-9-25(10-12-26)17-13-21-24-19(22-17)23-18-15(4)7-6-8-16(18)14(2)3/h6-8,13-14H,5,9-12H2,1-4H3,(H,22,23,24). The summed E-state index contributed by atoms with van der Waals surface area (Å²) in [4.78, 5) is 20.3. The Kier molecular flexibility index (Phi) is 6.28. The minimum atomic E-state index is -0.258. The van der Waals surface area contributed by atoms with Gasteiger partial charge in [-0.3, -0.25) is 0 Å². The van der Waals surface area contributed by atoms with E-state index in [0.29, 0.717) is 44.7 Å². The second-order valence-electron chi connectivity index (χ2n) is 7.13. The van der Waals surface area contributed by atoms with Crippen molar-refractivity contribution in [1.82, 2.24) is 20.1 Å². The number of para-hydroxylation sites is 1. The molecule has 2 aromatic rings. The number of anilines is 3. The van der Waals surface area contributed by atoms with E-state index in [4.69, 9.17) is 4.74 Å². The van der Waals surface area contributed by atoms with Crippen LogP contribution in [-0.2, 0) is 4.74 Å². The van der Waals surface area contributed by atoms with Gasteiger partial charge in [0.05, 0.1) is 12.8 Å². The molecule has 8 nitrogen and oxygen atoms in total. The van der Waals surface area contributed by atoms with Crippen LogP contribution in [0.25, 0.3) is 0 Å². The van der Waals surface area contributed by atoms with Crippen molar-refractivity contribution in [2.24, 2.45) is 0 Å². The van der Waals surface area contributed by atoms with Crippen molar-refractivity contribution in [3.05, 3.63) is 35.5 Å². The lowest BCUT2D eigenvalue weighted by Crippen LogP contribution is -2.49. The molecule has 0 unspecified atom stereocenters. The Bertz CT molecular complexity index is 818. The van der Waals surface area contributed by atoms with Crippen LogP contribution in [0.3, 0.4) is 0 Å². The van der Waals surface area contributed by atoms with E-state index in [1.54, 1.807) is 11.1 Å². The number of aryl methyl sites for hydroxylation is 1. The summed E-state index contributed by atoms with van der Waals surface area (Å²) in [5.41, 5.74) is 3.39. The lowest BCUT2D eigenvalue weighted by atomic mass is 9.98. The highest BCUT2D eigenvalue weighted by atomic mass is 16.6. The predicted octanol–water partition coefficient (Wildman–Crippen LogP) is 3.33. The van der Waals surface area contributed by atoms with Gasteiger partial charge in [0.15, 0.2) is 5.82 Å². The third-order valence-corrected chi connectivity index (χ3v) is 4.84. The Hall–Kier alpha value is -2.90. The SMILES string of the molecule is CCOC(=O)N1CCN(c2cnnc(Nc3c(C)cccc3C(C)C)n2)CC1. The maximum Gasteiger partial charge on any atom is 0.409 e. The van der Waals surface area contributed by atoms with Gasteiger partial charge in [0.25, 0.3) is 0 Å². The third kappa shape index (κ3) is 4.49. The highest BCUT2D eigenvalue weighted by Crippen LogP contribution is 2.29. The largest absolute Gasteiger partial charge is 0.450 e. The second-order valence-corrected chi connectivity index (χ2v) is 7.13. The van der Waals surface area contributed by atoms with Crippen LogP contribution in [0.15, 0.2) is 24.4 Å². The molecular formula is C20H28N6O2. The van der Waals surface area contributed by atoms with Crippen LogP contribution in [0, 0.1) is 6.92 Å². The van der Waals surface area contributed by atoms with Crippen LogP contribution >= 0.6 is 0 Å². The van der Waals surface area contributed by atoms with Gasteiger partial charge in [-0.2, -0.15) is 10.1 Å². The van der Waals surface area contributed by atoms with E-state index in [1.807, 2.05) is 6.92 Å². The van der Waals surface area contributed by atoms with Gasteiger partial charge in [-0.15, -0.1) is 5.10 Å². The molecule has 1 aliphatic rings. The fourth-order valence-electron chi connectivity index (χ4n) is 3.29. The van der Waals surface area contributed by atoms with E-state index >= 15 is 0 Å². The molecule has 0 bridgehead atoms. The van der Waals surface area contributed by atoms with Gasteiger partial charge in [0.2, 0.25) is 5.95 Å². The first-order chi connectivity index (χ1) is 13.5. The first-order valence-electron chi connectivity index (χ1n) is 9.72. The number of benzene rings is 1. The number of carbonyl (C=O) groups excluding carboxylic acids is 1. The summed E-state index contributed by atoms with van der Waals surface area (Å²) in [6.07, 6.45) is 1.40. The Labute approximate surface area is 165 Å². The predicted molar refractivity (Wildman–Crippen MR) is 109 cm³/mol. The number of rotatable bonds is 5. The fourth-order valence-corrected chi connectivity index (χ4v) is 3.29. The van der Waals surface area contributed by atoms with Gasteiger partial charge < -0.3 is 19.9 Å². The highest BCUT2D eigenvalue weighted by molar-refractivity contribution is 5.68. The molecule has 0 atom stereocenters. The summed E-state index contributed by atoms with van der Waals surface area (Å²) in [6.45, 7) is 11.2. The number of piperazine rings is 1. The summed E-state index contributed by atoms with van der Waals surface area (Å²) < 4.78 is 5.07. The number of amides is 1. The van der Waals surface area contributed by atoms with Gasteiger partial charge in [-0.05, 0) is 30.9 Å². The molecule has 1 saturated heterocycles. The zero-order valence-corrected chi connectivity index (χ0v) is 17.0. The van der Waals surface area contributed by atoms with E-state index in [-0.39, 0.29) is 6.09 Å². The normalized spacial score (nSPS) is 14.3. The molecule has 0 radical (unpaired) electrons. The van der Waals surface area contributed by atoms with E-state index in [2.05, 4.69) is 64.4 Å². The molecule has 1 aliphatic heterocycles. The van der Waals surface area contributed by atoms with Crippen molar-refractivity contribution in [1.29, 1.82) is 0 Å². The van der Waals surface area contributed by atoms with Crippen LogP contribution in [0.4, 0.5) is 22.2 Å². The molecule has 150 valence electrons. The molecule has 0 saturated carbocycles. The first kappa shape index (κ1) is 19.9. The monoisotopic (exact) mass is 384 g/mol. The number of hydrogen-bond acceptors (Lipinski definition) is 7. The van der Waals surface area contributed by atoms with E-state index < -0.39 is 0 Å². The van der Waals surface area contributed by atoms with Crippen LogP contribution in [-0.4, -0.2) is 59.0 Å². The van der Waals surface area contributed by atoms with Crippen molar-refractivity contribution in [2.75, 3.05) is 43.0 Å². The molecule has 1 aromatic carbocycles. The molecule has 8 heteroatoms. The zero-order chi connectivity index (χ0) is 20.1. The number of nitrogens with zero attached hydrogens (tertiary/aromatic N) is 5. The number of nitrogens with one attached hydrogen (secondary N) is 1. The molecule has 0 aliphatic carbocycles. The molecule has 0 spiro atoms. The third-order valence-electron chi connectivity index (χ3n) is 4.84. The Morgan fingerprint density at radius 2 is 2.00 bits per heavy atom. The lowest BCUT2D eigenvalue weighted by Gasteiger charge is -2.34. The summed E-state index contributed by atoms with van der Waals surface area (Å²) in [5, 5.41) is 11.6. The summed E-state index contributed by atoms with van der Waals surface area (Å²) in [5.74, 6) is 1.61. The number of aromatic nitrogens is 3. The van der Waals surface area contributed by atoms with E-state index in [9.17, 15) is 4.79 Å². The number of ether oxygens (including phenoxy) is 1. The average Bonchev–Trinajstić information content (AvgIpc) is 2.70. The maximum atomic E-state index is 11.9. The number of carbonyl (C=O) groups is 1. The first-order valence-corrected chi connectivity index (χ1v) is 9.72. The Morgan fingerprint density at radius 3 is 2.68 bits per heavy atom. The van der Waals surface area contributed by atoms with Gasteiger partial charge in [0, 0.05) is 31.9 Å². The van der Waals surface area contributed by atoms with Gasteiger partial charge in [-0.1, -0.05) is 32.0 Å². The summed E-state index contributed by atoms with van der Waals surface area (Å²) >= 11 is 0. The quantitative estimate of drug-likeness (QED) is 0.846. The Balaban J connectivity index is 1.72. The van der Waals surface area contributed by atoms with Crippen molar-refractivity contribution in [3.63, 3.8) is 0 Å². The zero-order valence-electron chi connectivity index (χ0n) is 17.0. The van der Waals surface area contributed by atoms with Crippen molar-refractivity contribution < 1.29 is 9.53 Å². The van der Waals surface area contributed by atoms with Crippen molar-refractivity contribution in [2.45, 2.75) is 33.6 Å². The second kappa shape index (κ2) is 8.86. The molecule has 1 aromatic heterocycles. The van der Waals surface area contributed by atoms with Crippen LogP contribution < -0.4 is 10.2 Å². The van der Waals surface area contributed by atoms with Crippen molar-refractivity contribution >= 4 is 23.5 Å². The lowest BCUT2D eigenvalue weighted by molar-refractivity contribution is 0.105. The molecule has 1 amide bonds. The van der Waals surface area contributed by atoms with Crippen molar-refractivity contribution in [3.8, 4) is 0 Å². The van der Waals surface area contributed by atoms with Gasteiger partial charge in [0.1, 0.15) is 0 Å². The minimum absolute atomic E-state index is 0.258. The molecule has 2 heterocycles. The summed E-state index contributed by atoms with van der Waals surface area (Å²) in [6, 6.07) is 6.25. The van der Waals surface area contributed by atoms with Gasteiger partial charge in [-0.25, -0.2) is 4.79 Å². The molecule has 28 heavy (non-hydrogen) atoms. The topological polar surface area (TPSA) is 83.5 Å². The van der Waals surface area contributed by atoms with Gasteiger partial charge >= 0.3 is 6.09 Å². The summed E-state index contributed by atoms with van der Waals surface area (Å²) in [7, 11) is 0. The average molecular weight is 384 g/mol. The maximum absolute atomic E-state index is 11.9. The minimum Gasteiger partial charge on any atom is -0.450 e. The Morgan fingerprint density at radius 1 is 1.25 bits per heavy atom. The molecular weight excluding hydrogens is 356 g/mol. The number of hydrogen-bond donors (Lipinski definition) is 1. The molecule has 1 N–H and O–H groups in total.